The van der Waals surface area contributed by atoms with Crippen molar-refractivity contribution in [3.05, 3.63) is 24.3 Å². The Hall–Kier alpha value is -1.23. The average Bonchev–Trinajstić information content (AvgIpc) is 2.80. The summed E-state index contributed by atoms with van der Waals surface area (Å²) in [7, 11) is -2.81. The molecule has 5 heteroatoms. The number of nitrogens with zero attached hydrogens (tertiary/aromatic N) is 1. The normalized spacial score (nSPS) is 25.6. The first-order valence-corrected chi connectivity index (χ1v) is 9.26. The van der Waals surface area contributed by atoms with E-state index < -0.39 is 9.84 Å². The van der Waals surface area contributed by atoms with Crippen molar-refractivity contribution in [2.75, 3.05) is 34.8 Å². The van der Waals surface area contributed by atoms with Gasteiger partial charge in [-0.2, -0.15) is 0 Å². The highest BCUT2D eigenvalue weighted by molar-refractivity contribution is 7.91. The molecule has 110 valence electrons. The number of hydrogen-bond donors (Lipinski definition) is 1. The molecule has 1 aromatic carbocycles. The molecule has 0 spiro atoms. The minimum absolute atomic E-state index is 0.0702. The molecule has 0 saturated carbocycles. The summed E-state index contributed by atoms with van der Waals surface area (Å²) in [6, 6.07) is 8.47. The summed E-state index contributed by atoms with van der Waals surface area (Å²) < 4.78 is 22.9. The first-order chi connectivity index (χ1) is 9.62. The molecule has 1 N–H and O–H groups in total. The number of benzene rings is 1. The Morgan fingerprint density at radius 2 is 1.75 bits per heavy atom. The molecule has 1 aromatic rings. The van der Waals surface area contributed by atoms with Gasteiger partial charge in [-0.25, -0.2) is 8.42 Å². The Balaban J connectivity index is 1.61. The van der Waals surface area contributed by atoms with Crippen LogP contribution in [0.3, 0.4) is 0 Å². The fourth-order valence-corrected chi connectivity index (χ4v) is 4.74. The van der Waals surface area contributed by atoms with Crippen LogP contribution in [0.4, 0.5) is 11.4 Å². The van der Waals surface area contributed by atoms with Gasteiger partial charge in [-0.15, -0.1) is 0 Å². The largest absolute Gasteiger partial charge is 0.381 e. The lowest BCUT2D eigenvalue weighted by molar-refractivity contribution is 0.578. The smallest absolute Gasteiger partial charge is 0.152 e. The zero-order valence-corrected chi connectivity index (χ0v) is 12.5. The van der Waals surface area contributed by atoms with E-state index >= 15 is 0 Å². The first-order valence-electron chi connectivity index (χ1n) is 7.44. The molecule has 0 bridgehead atoms. The Kier molecular flexibility index (Phi) is 3.87. The van der Waals surface area contributed by atoms with Gasteiger partial charge in [-0.3, -0.25) is 0 Å². The average molecular weight is 294 g/mol. The van der Waals surface area contributed by atoms with Gasteiger partial charge < -0.3 is 10.2 Å². The van der Waals surface area contributed by atoms with E-state index in [2.05, 4.69) is 34.5 Å². The maximum atomic E-state index is 11.4. The fraction of sp³-hybridized carbons (Fsp3) is 0.600. The molecule has 4 nitrogen and oxygen atoms in total. The molecule has 2 aliphatic heterocycles. The predicted molar refractivity (Wildman–Crippen MR) is 83.2 cm³/mol. The van der Waals surface area contributed by atoms with E-state index in [4.69, 9.17) is 0 Å². The van der Waals surface area contributed by atoms with Crippen LogP contribution in [-0.2, 0) is 9.84 Å². The molecule has 0 aromatic heterocycles. The lowest BCUT2D eigenvalue weighted by Crippen LogP contribution is -2.29. The Labute approximate surface area is 121 Å². The van der Waals surface area contributed by atoms with E-state index in [0.717, 1.165) is 25.2 Å². The van der Waals surface area contributed by atoms with E-state index in [1.165, 1.54) is 24.9 Å². The molecule has 0 amide bonds. The molecule has 0 aliphatic carbocycles. The van der Waals surface area contributed by atoms with Crippen LogP contribution < -0.4 is 10.2 Å². The van der Waals surface area contributed by atoms with Crippen molar-refractivity contribution in [1.29, 1.82) is 0 Å². The van der Waals surface area contributed by atoms with Crippen molar-refractivity contribution < 1.29 is 8.42 Å². The van der Waals surface area contributed by atoms with E-state index in [-0.39, 0.29) is 11.8 Å². The van der Waals surface area contributed by atoms with Crippen molar-refractivity contribution in [2.24, 2.45) is 0 Å². The number of rotatable bonds is 3. The number of hydrogen-bond acceptors (Lipinski definition) is 4. The van der Waals surface area contributed by atoms with Crippen LogP contribution in [0.15, 0.2) is 24.3 Å². The van der Waals surface area contributed by atoms with Crippen molar-refractivity contribution in [3.8, 4) is 0 Å². The third kappa shape index (κ3) is 3.26. The molecule has 3 rings (SSSR count). The number of piperidine rings is 1. The van der Waals surface area contributed by atoms with Gasteiger partial charge in [0.05, 0.1) is 11.5 Å². The summed E-state index contributed by atoms with van der Waals surface area (Å²) in [5.41, 5.74) is 2.29. The van der Waals surface area contributed by atoms with E-state index in [0.29, 0.717) is 5.75 Å². The Morgan fingerprint density at radius 3 is 2.35 bits per heavy atom. The second kappa shape index (κ2) is 5.64. The third-order valence-electron chi connectivity index (χ3n) is 4.19. The first kappa shape index (κ1) is 13.7. The second-order valence-corrected chi connectivity index (χ2v) is 8.07. The maximum Gasteiger partial charge on any atom is 0.152 e. The Bertz CT molecular complexity index is 548. The minimum atomic E-state index is -2.81. The van der Waals surface area contributed by atoms with Crippen LogP contribution in [0.2, 0.25) is 0 Å². The van der Waals surface area contributed by atoms with Crippen molar-refractivity contribution in [2.45, 2.75) is 31.7 Å². The molecule has 2 heterocycles. The summed E-state index contributed by atoms with van der Waals surface area (Å²) >= 11 is 0. The number of sulfone groups is 1. The zero-order valence-electron chi connectivity index (χ0n) is 11.7. The maximum absolute atomic E-state index is 11.4. The Morgan fingerprint density at radius 1 is 1.05 bits per heavy atom. The summed E-state index contributed by atoms with van der Waals surface area (Å²) in [5.74, 6) is 0.581. The second-order valence-electron chi connectivity index (χ2n) is 5.84. The summed E-state index contributed by atoms with van der Waals surface area (Å²) in [4.78, 5) is 2.42. The van der Waals surface area contributed by atoms with Gasteiger partial charge in [-0.1, -0.05) is 0 Å². The SMILES string of the molecule is O=S1(=O)CCC(Nc2ccc(N3CCCCC3)cc2)C1. The standard InChI is InChI=1S/C15H22N2O2S/c18-20(19)11-8-14(12-20)16-13-4-6-15(7-5-13)17-9-2-1-3-10-17/h4-7,14,16H,1-3,8-12H2. The zero-order chi connectivity index (χ0) is 14.0. The summed E-state index contributed by atoms with van der Waals surface area (Å²) in [6.07, 6.45) is 4.61. The highest BCUT2D eigenvalue weighted by Crippen LogP contribution is 2.23. The van der Waals surface area contributed by atoms with Gasteiger partial charge in [0.1, 0.15) is 0 Å². The molecule has 0 radical (unpaired) electrons. The summed E-state index contributed by atoms with van der Waals surface area (Å²) in [6.45, 7) is 2.29. The van der Waals surface area contributed by atoms with Crippen LogP contribution in [0.5, 0.6) is 0 Å². The van der Waals surface area contributed by atoms with Crippen LogP contribution in [0.1, 0.15) is 25.7 Å². The lowest BCUT2D eigenvalue weighted by atomic mass is 10.1. The lowest BCUT2D eigenvalue weighted by Gasteiger charge is -2.29. The van der Waals surface area contributed by atoms with Crippen molar-refractivity contribution in [3.63, 3.8) is 0 Å². The third-order valence-corrected chi connectivity index (χ3v) is 5.96. The van der Waals surface area contributed by atoms with Crippen molar-refractivity contribution in [1.82, 2.24) is 0 Å². The molecular formula is C15H22N2O2S. The van der Waals surface area contributed by atoms with Crippen LogP contribution >= 0.6 is 0 Å². The molecule has 2 fully saturated rings. The van der Waals surface area contributed by atoms with Gasteiger partial charge >= 0.3 is 0 Å². The van der Waals surface area contributed by atoms with E-state index in [1.54, 1.807) is 0 Å². The van der Waals surface area contributed by atoms with Crippen LogP contribution in [0.25, 0.3) is 0 Å². The van der Waals surface area contributed by atoms with Crippen molar-refractivity contribution >= 4 is 21.2 Å². The minimum Gasteiger partial charge on any atom is -0.381 e. The highest BCUT2D eigenvalue weighted by atomic mass is 32.2. The van der Waals surface area contributed by atoms with Gasteiger partial charge in [0, 0.05) is 30.5 Å². The number of anilines is 2. The topological polar surface area (TPSA) is 49.4 Å². The molecular weight excluding hydrogens is 272 g/mol. The number of nitrogens with one attached hydrogen (secondary N) is 1. The van der Waals surface area contributed by atoms with Gasteiger partial charge in [0.2, 0.25) is 0 Å². The van der Waals surface area contributed by atoms with Gasteiger partial charge in [0.15, 0.2) is 9.84 Å². The van der Waals surface area contributed by atoms with Gasteiger partial charge in [-0.05, 0) is 49.9 Å². The molecule has 2 saturated heterocycles. The van der Waals surface area contributed by atoms with Crippen LogP contribution in [-0.4, -0.2) is 39.1 Å². The predicted octanol–water partition coefficient (Wildman–Crippen LogP) is 2.28. The molecule has 1 unspecified atom stereocenters. The molecule has 1 atom stereocenters. The van der Waals surface area contributed by atoms with Crippen LogP contribution in [0, 0.1) is 0 Å². The summed E-state index contributed by atoms with van der Waals surface area (Å²) in [5, 5.41) is 3.33. The van der Waals surface area contributed by atoms with E-state index in [1.807, 2.05) is 0 Å². The molecule has 20 heavy (non-hydrogen) atoms. The highest BCUT2D eigenvalue weighted by Gasteiger charge is 2.27. The fourth-order valence-electron chi connectivity index (χ4n) is 3.07. The quantitative estimate of drug-likeness (QED) is 0.929. The van der Waals surface area contributed by atoms with E-state index in [9.17, 15) is 8.42 Å². The van der Waals surface area contributed by atoms with Gasteiger partial charge in [0.25, 0.3) is 0 Å². The molecule has 2 aliphatic rings. The monoisotopic (exact) mass is 294 g/mol.